The number of halogens is 3. The quantitative estimate of drug-likeness (QED) is 0.292. The van der Waals surface area contributed by atoms with E-state index in [1.54, 1.807) is 49.1 Å². The fraction of sp³-hybridized carbons (Fsp3) is 0.286. The third-order valence-corrected chi connectivity index (χ3v) is 8.88. The molecule has 0 N–H and O–H groups in total. The van der Waals surface area contributed by atoms with Crippen molar-refractivity contribution in [2.75, 3.05) is 20.3 Å². The summed E-state index contributed by atoms with van der Waals surface area (Å²) in [6, 6.07) is 10.3. The first-order chi connectivity index (χ1) is 19.2. The number of alkyl halides is 2. The van der Waals surface area contributed by atoms with Crippen molar-refractivity contribution in [3.8, 4) is 16.9 Å². The lowest BCUT2D eigenvalue weighted by molar-refractivity contribution is -0.0507. The summed E-state index contributed by atoms with van der Waals surface area (Å²) in [5.41, 5.74) is 2.26. The first-order valence-electron chi connectivity index (χ1n) is 13.5. The van der Waals surface area contributed by atoms with E-state index in [9.17, 15) is 18.1 Å². The van der Waals surface area contributed by atoms with Crippen molar-refractivity contribution >= 4 is 29.4 Å². The third kappa shape index (κ3) is 3.67. The van der Waals surface area contributed by atoms with Crippen molar-refractivity contribution in [3.63, 3.8) is 0 Å². The van der Waals surface area contributed by atoms with E-state index in [0.29, 0.717) is 21.9 Å². The minimum absolute atomic E-state index is 0.0573. The largest absolute Gasteiger partial charge is 0.434 e. The molecule has 3 aromatic carbocycles. The van der Waals surface area contributed by atoms with Crippen LogP contribution in [0.15, 0.2) is 48.5 Å². The summed E-state index contributed by atoms with van der Waals surface area (Å²) >= 11 is 0. The van der Waals surface area contributed by atoms with Crippen LogP contribution in [0.3, 0.4) is 0 Å². The Hall–Kier alpha value is -3.58. The van der Waals surface area contributed by atoms with Gasteiger partial charge in [-0.1, -0.05) is 18.2 Å². The molecule has 196 valence electrons. The molecular weight excluding hydrogens is 514 g/mol. The minimum Gasteiger partial charge on any atom is -0.434 e. The Morgan fingerprint density at radius 3 is 2.58 bits per heavy atom. The molecule has 2 aliphatic rings. The molecule has 1 aromatic heterocycles. The van der Waals surface area contributed by atoms with Gasteiger partial charge in [0.15, 0.2) is 0 Å². The highest BCUT2D eigenvalue weighted by atomic mass is 31.2. The monoisotopic (exact) mass is 542 g/mol. The maximum atomic E-state index is 15.6. The van der Waals surface area contributed by atoms with Crippen molar-refractivity contribution in [2.45, 2.75) is 32.0 Å². The van der Waals surface area contributed by atoms with Crippen molar-refractivity contribution < 1.29 is 31.4 Å². The van der Waals surface area contributed by atoms with Gasteiger partial charge in [-0.25, -0.2) is 9.37 Å². The molecule has 0 unspecified atom stereocenters. The number of fused-ring (bicyclic) bond motifs is 9. The van der Waals surface area contributed by atoms with E-state index in [1.165, 1.54) is 24.3 Å². The second-order valence-electron chi connectivity index (χ2n) is 10.0. The Morgan fingerprint density at radius 2 is 1.89 bits per heavy atom. The molecule has 0 saturated carbocycles. The van der Waals surface area contributed by atoms with Gasteiger partial charge in [0, 0.05) is 45.6 Å². The molecule has 0 spiro atoms. The molecule has 0 aliphatic carbocycles. The number of amides is 1. The van der Waals surface area contributed by atoms with Crippen LogP contribution in [-0.2, 0) is 4.57 Å². The van der Waals surface area contributed by atoms with Gasteiger partial charge in [-0.2, -0.15) is 8.78 Å². The number of nitrogens with zero attached hydrogens (tertiary/aromatic N) is 3. The van der Waals surface area contributed by atoms with Crippen LogP contribution < -0.4 is 10.0 Å². The Labute approximate surface area is 221 Å². The number of imidazole rings is 1. The van der Waals surface area contributed by atoms with Crippen LogP contribution in [0.5, 0.6) is 5.75 Å². The second-order valence-corrected chi connectivity index (χ2v) is 13.3. The summed E-state index contributed by atoms with van der Waals surface area (Å²) in [6.45, 7) is -0.945. The highest BCUT2D eigenvalue weighted by Crippen LogP contribution is 2.50. The fourth-order valence-corrected chi connectivity index (χ4v) is 6.56. The third-order valence-electron chi connectivity index (χ3n) is 7.36. The summed E-state index contributed by atoms with van der Waals surface area (Å²) < 4.78 is 85.9. The highest BCUT2D eigenvalue weighted by Gasteiger charge is 2.45. The summed E-state index contributed by atoms with van der Waals surface area (Å²) in [7, 11) is -2.55. The van der Waals surface area contributed by atoms with Crippen molar-refractivity contribution in [1.82, 2.24) is 14.5 Å². The summed E-state index contributed by atoms with van der Waals surface area (Å²) in [5, 5.41) is 0.660. The van der Waals surface area contributed by atoms with E-state index >= 15 is 4.39 Å². The molecule has 6 rings (SSSR count). The topological polar surface area (TPSA) is 64.4 Å². The van der Waals surface area contributed by atoms with Crippen LogP contribution in [-0.4, -0.2) is 47.3 Å². The Kier molecular flexibility index (Phi) is 4.76. The normalized spacial score (nSPS) is 20.1. The Bertz CT molecular complexity index is 1800. The van der Waals surface area contributed by atoms with Crippen molar-refractivity contribution in [1.29, 1.82) is 0 Å². The van der Waals surface area contributed by atoms with E-state index < -0.39 is 44.5 Å². The smallest absolute Gasteiger partial charge is 0.387 e. The molecule has 2 bridgehead atoms. The van der Waals surface area contributed by atoms with Crippen molar-refractivity contribution in [3.05, 3.63) is 76.9 Å². The van der Waals surface area contributed by atoms with Crippen LogP contribution in [0.1, 0.15) is 49.9 Å². The predicted octanol–water partition coefficient (Wildman–Crippen LogP) is 6.12. The van der Waals surface area contributed by atoms with Crippen LogP contribution >= 0.6 is 7.14 Å². The molecule has 2 atom stereocenters. The lowest BCUT2D eigenvalue weighted by Gasteiger charge is -2.24. The van der Waals surface area contributed by atoms with Gasteiger partial charge in [0.05, 0.1) is 23.1 Å². The standard InChI is InChI=1S/C28H25F3N3O3P/c1-14-10-15(38(3,4)36)8-9-16(14)18-11-21-20(12-19(18)29)32-26-23-13-22(34(21)26)25-17(27(35)33(23)2)6-5-7-24(25)37-28(30)31/h5-12,22-23,28H,13H2,1-4H3/t22-,23-/m1/s1/i2D3. The second kappa shape index (κ2) is 8.46. The molecule has 10 heteroatoms. The van der Waals surface area contributed by atoms with Gasteiger partial charge >= 0.3 is 6.61 Å². The van der Waals surface area contributed by atoms with Crippen LogP contribution in [0.25, 0.3) is 22.2 Å². The average Bonchev–Trinajstić information content (AvgIpc) is 3.34. The van der Waals surface area contributed by atoms with Gasteiger partial charge in [-0.05, 0) is 55.6 Å². The van der Waals surface area contributed by atoms with Crippen molar-refractivity contribution in [2.24, 2.45) is 0 Å². The van der Waals surface area contributed by atoms with E-state index in [-0.39, 0.29) is 40.2 Å². The lowest BCUT2D eigenvalue weighted by Crippen LogP contribution is -2.30. The average molecular weight is 543 g/mol. The molecule has 38 heavy (non-hydrogen) atoms. The molecule has 0 fully saturated rings. The number of ether oxygens (including phenoxy) is 1. The first-order valence-corrected chi connectivity index (χ1v) is 14.6. The van der Waals surface area contributed by atoms with E-state index in [2.05, 4.69) is 4.98 Å². The van der Waals surface area contributed by atoms with Gasteiger partial charge < -0.3 is 18.8 Å². The predicted molar refractivity (Wildman–Crippen MR) is 140 cm³/mol. The number of aromatic nitrogens is 2. The summed E-state index contributed by atoms with van der Waals surface area (Å²) in [6.07, 6.45) is 0.0573. The number of benzene rings is 3. The fourth-order valence-electron chi connectivity index (χ4n) is 5.62. The maximum Gasteiger partial charge on any atom is 0.387 e. The van der Waals surface area contributed by atoms with Crippen LogP contribution in [0.4, 0.5) is 13.2 Å². The molecule has 0 radical (unpaired) electrons. The minimum atomic E-state index is -3.18. The Balaban J connectivity index is 1.61. The van der Waals surface area contributed by atoms with Crippen LogP contribution in [0.2, 0.25) is 0 Å². The summed E-state index contributed by atoms with van der Waals surface area (Å²) in [4.78, 5) is 18.9. The van der Waals surface area contributed by atoms with E-state index in [0.717, 1.165) is 4.90 Å². The zero-order valence-electron chi connectivity index (χ0n) is 23.7. The SMILES string of the molecule is [2H]C([2H])([2H])N1C(=O)c2cccc(OC(F)F)c2[C@H]2C[C@@H]1c1nc3cc(F)c(-c4ccc(P(C)(C)=O)cc4C)cc3n12. The molecular formula is C28H25F3N3O3P. The lowest BCUT2D eigenvalue weighted by atomic mass is 9.97. The molecule has 1 amide bonds. The highest BCUT2D eigenvalue weighted by molar-refractivity contribution is 7.70. The van der Waals surface area contributed by atoms with Gasteiger partial charge in [0.25, 0.3) is 5.91 Å². The van der Waals surface area contributed by atoms with Gasteiger partial charge in [-0.3, -0.25) is 4.79 Å². The zero-order valence-corrected chi connectivity index (χ0v) is 21.6. The number of hydrogen-bond acceptors (Lipinski definition) is 4. The van der Waals surface area contributed by atoms with Crippen LogP contribution in [0, 0.1) is 12.7 Å². The van der Waals surface area contributed by atoms with Gasteiger partial charge in [-0.15, -0.1) is 0 Å². The molecule has 6 nitrogen and oxygen atoms in total. The number of carbonyl (C=O) groups excluding carboxylic acids is 1. The zero-order chi connectivity index (χ0) is 29.6. The van der Waals surface area contributed by atoms with Gasteiger partial charge in [0.2, 0.25) is 0 Å². The molecule has 4 aromatic rings. The molecule has 2 aliphatic heterocycles. The number of aryl methyl sites for hydroxylation is 1. The first kappa shape index (κ1) is 21.4. The Morgan fingerprint density at radius 1 is 1.11 bits per heavy atom. The van der Waals surface area contributed by atoms with E-state index in [1.807, 2.05) is 0 Å². The molecule has 0 saturated heterocycles. The number of carbonyl (C=O) groups is 1. The number of hydrogen-bond donors (Lipinski definition) is 0. The van der Waals surface area contributed by atoms with E-state index in [4.69, 9.17) is 8.85 Å². The number of rotatable bonds is 4. The molecule has 3 heterocycles. The van der Waals surface area contributed by atoms with Gasteiger partial charge in [0.1, 0.15) is 24.5 Å². The maximum absolute atomic E-state index is 15.6. The summed E-state index contributed by atoms with van der Waals surface area (Å²) in [5.74, 6) is -1.45.